The highest BCUT2D eigenvalue weighted by atomic mass is 35.5. The fourth-order valence-electron chi connectivity index (χ4n) is 1.37. The number of benzene rings is 1. The molecule has 0 radical (unpaired) electrons. The van der Waals surface area contributed by atoms with E-state index in [1.807, 2.05) is 6.92 Å². The van der Waals surface area contributed by atoms with E-state index in [0.29, 0.717) is 17.1 Å². The van der Waals surface area contributed by atoms with Crippen LogP contribution in [0.5, 0.6) is 0 Å². The topological polar surface area (TPSA) is 80.9 Å². The third-order valence-electron chi connectivity index (χ3n) is 2.42. The zero-order valence-corrected chi connectivity index (χ0v) is 10.4. The van der Waals surface area contributed by atoms with Crippen LogP contribution in [0.15, 0.2) is 30.6 Å². The second-order valence-electron chi connectivity index (χ2n) is 3.75. The summed E-state index contributed by atoms with van der Waals surface area (Å²) in [7, 11) is 0. The summed E-state index contributed by atoms with van der Waals surface area (Å²) in [6.07, 6.45) is 1.28. The highest BCUT2D eigenvalue weighted by molar-refractivity contribution is 6.29. The maximum atomic E-state index is 11.9. The lowest BCUT2D eigenvalue weighted by Gasteiger charge is -2.06. The van der Waals surface area contributed by atoms with E-state index < -0.39 is 0 Å². The number of halogens is 1. The highest BCUT2D eigenvalue weighted by Gasteiger charge is 2.08. The van der Waals surface area contributed by atoms with Crippen LogP contribution in [0.1, 0.15) is 15.9 Å². The quantitative estimate of drug-likeness (QED) is 0.643. The maximum absolute atomic E-state index is 11.9. The van der Waals surface area contributed by atoms with Gasteiger partial charge in [0.2, 0.25) is 0 Å². The Morgan fingerprint density at radius 2 is 2.11 bits per heavy atom. The van der Waals surface area contributed by atoms with Gasteiger partial charge < -0.3 is 11.1 Å². The molecule has 1 amide bonds. The molecule has 92 valence electrons. The lowest BCUT2D eigenvalue weighted by Crippen LogP contribution is -2.13. The standard InChI is InChI=1S/C12H11ClN4O/c1-7-2-3-8(4-9(7)14)12(18)17-11-5-10(13)15-6-16-11/h2-6H,14H2,1H3,(H,15,16,17,18). The molecule has 5 nitrogen and oxygen atoms in total. The number of carbonyl (C=O) groups excluding carboxylic acids is 1. The van der Waals surface area contributed by atoms with Crippen LogP contribution < -0.4 is 11.1 Å². The molecule has 0 spiro atoms. The Balaban J connectivity index is 2.19. The molecule has 18 heavy (non-hydrogen) atoms. The van der Waals surface area contributed by atoms with Crippen LogP contribution in [0.2, 0.25) is 5.15 Å². The molecule has 2 rings (SSSR count). The van der Waals surface area contributed by atoms with Crippen molar-refractivity contribution < 1.29 is 4.79 Å². The molecule has 3 N–H and O–H groups in total. The molecule has 0 unspecified atom stereocenters. The summed E-state index contributed by atoms with van der Waals surface area (Å²) < 4.78 is 0. The minimum atomic E-state index is -0.295. The van der Waals surface area contributed by atoms with Crippen LogP contribution in [0.3, 0.4) is 0 Å². The van der Waals surface area contributed by atoms with Crippen molar-refractivity contribution in [3.8, 4) is 0 Å². The van der Waals surface area contributed by atoms with Gasteiger partial charge in [0, 0.05) is 17.3 Å². The normalized spacial score (nSPS) is 10.1. The Kier molecular flexibility index (Phi) is 3.43. The van der Waals surface area contributed by atoms with Gasteiger partial charge in [-0.2, -0.15) is 0 Å². The summed E-state index contributed by atoms with van der Waals surface area (Å²) in [5.74, 6) is 0.0515. The minimum absolute atomic E-state index is 0.267. The smallest absolute Gasteiger partial charge is 0.256 e. The molecule has 0 aliphatic heterocycles. The van der Waals surface area contributed by atoms with Crippen molar-refractivity contribution in [1.29, 1.82) is 0 Å². The zero-order chi connectivity index (χ0) is 13.1. The van der Waals surface area contributed by atoms with Crippen LogP contribution in [0.25, 0.3) is 0 Å². The Morgan fingerprint density at radius 3 is 2.78 bits per heavy atom. The van der Waals surface area contributed by atoms with Crippen molar-refractivity contribution in [1.82, 2.24) is 9.97 Å². The van der Waals surface area contributed by atoms with Gasteiger partial charge in [-0.15, -0.1) is 0 Å². The Bertz CT molecular complexity index is 600. The summed E-state index contributed by atoms with van der Waals surface area (Å²) in [5.41, 5.74) is 7.71. The second kappa shape index (κ2) is 5.01. The molecular formula is C12H11ClN4O. The lowest BCUT2D eigenvalue weighted by molar-refractivity contribution is 0.102. The molecule has 0 atom stereocenters. The molecule has 0 saturated carbocycles. The van der Waals surface area contributed by atoms with Crippen molar-refractivity contribution in [2.75, 3.05) is 11.1 Å². The number of nitrogens with zero attached hydrogens (tertiary/aromatic N) is 2. The van der Waals surface area contributed by atoms with E-state index in [0.717, 1.165) is 5.56 Å². The van der Waals surface area contributed by atoms with E-state index in [4.69, 9.17) is 17.3 Å². The number of nitrogens with two attached hydrogens (primary N) is 1. The number of nitrogen functional groups attached to an aromatic ring is 1. The van der Waals surface area contributed by atoms with Gasteiger partial charge in [0.05, 0.1) is 0 Å². The maximum Gasteiger partial charge on any atom is 0.256 e. The molecule has 0 aliphatic carbocycles. The fraction of sp³-hybridized carbons (Fsp3) is 0.0833. The van der Waals surface area contributed by atoms with Crippen LogP contribution in [0.4, 0.5) is 11.5 Å². The minimum Gasteiger partial charge on any atom is -0.398 e. The average molecular weight is 263 g/mol. The van der Waals surface area contributed by atoms with Crippen molar-refractivity contribution in [2.45, 2.75) is 6.92 Å². The van der Waals surface area contributed by atoms with E-state index in [1.165, 1.54) is 12.4 Å². The van der Waals surface area contributed by atoms with E-state index in [1.54, 1.807) is 18.2 Å². The molecule has 0 bridgehead atoms. The van der Waals surface area contributed by atoms with Gasteiger partial charge in [0.1, 0.15) is 17.3 Å². The molecule has 0 saturated heterocycles. The lowest BCUT2D eigenvalue weighted by atomic mass is 10.1. The number of aromatic nitrogens is 2. The van der Waals surface area contributed by atoms with Crippen molar-refractivity contribution in [2.24, 2.45) is 0 Å². The first-order valence-electron chi connectivity index (χ1n) is 5.21. The predicted molar refractivity (Wildman–Crippen MR) is 70.6 cm³/mol. The number of hydrogen-bond acceptors (Lipinski definition) is 4. The van der Waals surface area contributed by atoms with Gasteiger partial charge in [-0.25, -0.2) is 9.97 Å². The van der Waals surface area contributed by atoms with Gasteiger partial charge in [0.25, 0.3) is 5.91 Å². The highest BCUT2D eigenvalue weighted by Crippen LogP contribution is 2.15. The fourth-order valence-corrected chi connectivity index (χ4v) is 1.52. The van der Waals surface area contributed by atoms with Gasteiger partial charge in [-0.3, -0.25) is 4.79 Å². The molecule has 6 heteroatoms. The Hall–Kier alpha value is -2.14. The number of aryl methyl sites for hydroxylation is 1. The SMILES string of the molecule is Cc1ccc(C(=O)Nc2cc(Cl)ncn2)cc1N. The van der Waals surface area contributed by atoms with E-state index in [2.05, 4.69) is 15.3 Å². The van der Waals surface area contributed by atoms with Crippen molar-refractivity contribution in [3.05, 3.63) is 46.9 Å². The van der Waals surface area contributed by atoms with Crippen LogP contribution >= 0.6 is 11.6 Å². The molecule has 0 aliphatic rings. The molecule has 0 fully saturated rings. The van der Waals surface area contributed by atoms with E-state index >= 15 is 0 Å². The largest absolute Gasteiger partial charge is 0.398 e. The molecular weight excluding hydrogens is 252 g/mol. The van der Waals surface area contributed by atoms with Crippen LogP contribution in [-0.2, 0) is 0 Å². The summed E-state index contributed by atoms with van der Waals surface area (Å²) >= 11 is 5.70. The first kappa shape index (κ1) is 12.3. The first-order valence-corrected chi connectivity index (χ1v) is 5.59. The Morgan fingerprint density at radius 1 is 1.33 bits per heavy atom. The van der Waals surface area contributed by atoms with E-state index in [-0.39, 0.29) is 11.1 Å². The summed E-state index contributed by atoms with van der Waals surface area (Å²) in [6, 6.07) is 6.57. The summed E-state index contributed by atoms with van der Waals surface area (Å²) in [4.78, 5) is 19.5. The van der Waals surface area contributed by atoms with Gasteiger partial charge in [-0.05, 0) is 24.6 Å². The summed E-state index contributed by atoms with van der Waals surface area (Å²) in [6.45, 7) is 1.88. The third-order valence-corrected chi connectivity index (χ3v) is 2.62. The number of rotatable bonds is 2. The molecule has 1 aromatic heterocycles. The number of amides is 1. The van der Waals surface area contributed by atoms with Crippen molar-refractivity contribution >= 4 is 29.0 Å². The zero-order valence-electron chi connectivity index (χ0n) is 9.64. The second-order valence-corrected chi connectivity index (χ2v) is 4.14. The number of hydrogen-bond donors (Lipinski definition) is 2. The van der Waals surface area contributed by atoms with E-state index in [9.17, 15) is 4.79 Å². The number of carbonyl (C=O) groups is 1. The number of nitrogens with one attached hydrogen (secondary N) is 1. The predicted octanol–water partition coefficient (Wildman–Crippen LogP) is 2.27. The molecule has 2 aromatic rings. The van der Waals surface area contributed by atoms with Crippen LogP contribution in [-0.4, -0.2) is 15.9 Å². The van der Waals surface area contributed by atoms with Crippen LogP contribution in [0, 0.1) is 6.92 Å². The van der Waals surface area contributed by atoms with Gasteiger partial charge in [0.15, 0.2) is 0 Å². The van der Waals surface area contributed by atoms with Gasteiger partial charge >= 0.3 is 0 Å². The average Bonchev–Trinajstić information content (AvgIpc) is 2.32. The molecule has 1 heterocycles. The summed E-state index contributed by atoms with van der Waals surface area (Å²) in [5, 5.41) is 2.88. The third kappa shape index (κ3) is 2.75. The monoisotopic (exact) mass is 262 g/mol. The first-order chi connectivity index (χ1) is 8.56. The number of anilines is 2. The van der Waals surface area contributed by atoms with Crippen molar-refractivity contribution in [3.63, 3.8) is 0 Å². The molecule has 1 aromatic carbocycles. The Labute approximate surface area is 109 Å². The van der Waals surface area contributed by atoms with Gasteiger partial charge in [-0.1, -0.05) is 17.7 Å².